The molecule has 0 N–H and O–H groups in total. The zero-order valence-electron chi connectivity index (χ0n) is 8.74. The van der Waals surface area contributed by atoms with Gasteiger partial charge in [-0.2, -0.15) is 0 Å². The number of ether oxygens (including phenoxy) is 1. The van der Waals surface area contributed by atoms with Crippen molar-refractivity contribution in [3.63, 3.8) is 0 Å². The van der Waals surface area contributed by atoms with Crippen LogP contribution in [0.15, 0.2) is 0 Å². The minimum atomic E-state index is -0.0276. The van der Waals surface area contributed by atoms with Gasteiger partial charge in [0.1, 0.15) is 0 Å². The fourth-order valence-electron chi connectivity index (χ4n) is 2.16. The van der Waals surface area contributed by atoms with E-state index in [9.17, 15) is 4.79 Å². The summed E-state index contributed by atoms with van der Waals surface area (Å²) >= 11 is 0. The zero-order valence-corrected chi connectivity index (χ0v) is 8.74. The van der Waals surface area contributed by atoms with Gasteiger partial charge in [-0.15, -0.1) is 0 Å². The van der Waals surface area contributed by atoms with Crippen LogP contribution in [0.3, 0.4) is 0 Å². The van der Waals surface area contributed by atoms with E-state index in [1.165, 1.54) is 0 Å². The normalized spacial score (nSPS) is 31.5. The molecule has 2 fully saturated rings. The average molecular weight is 198 g/mol. The molecule has 0 aromatic heterocycles. The van der Waals surface area contributed by atoms with Crippen molar-refractivity contribution >= 4 is 5.97 Å². The molecule has 80 valence electrons. The van der Waals surface area contributed by atoms with Crippen molar-refractivity contribution < 1.29 is 9.53 Å². The number of hydrogen-bond acceptors (Lipinski definition) is 4. The Morgan fingerprint density at radius 3 is 2.64 bits per heavy atom. The largest absolute Gasteiger partial charge is 0.466 e. The molecule has 2 saturated heterocycles. The minimum absolute atomic E-state index is 0.0276. The van der Waals surface area contributed by atoms with E-state index in [1.807, 2.05) is 0 Å². The topological polar surface area (TPSA) is 32.8 Å². The molecule has 4 heteroatoms. The Hall–Kier alpha value is -0.610. The van der Waals surface area contributed by atoms with Gasteiger partial charge in [0.05, 0.1) is 13.0 Å². The second-order valence-electron chi connectivity index (χ2n) is 4.21. The van der Waals surface area contributed by atoms with Gasteiger partial charge in [-0.3, -0.25) is 9.69 Å². The number of carbonyl (C=O) groups excluding carboxylic acids is 1. The van der Waals surface area contributed by atoms with Gasteiger partial charge in [0.25, 0.3) is 0 Å². The zero-order chi connectivity index (χ0) is 9.97. The SMILES string of the molecule is CN1CCN(C2CCOC(=O)C2)CC1. The van der Waals surface area contributed by atoms with Gasteiger partial charge in [-0.25, -0.2) is 0 Å². The summed E-state index contributed by atoms with van der Waals surface area (Å²) in [4.78, 5) is 15.9. The lowest BCUT2D eigenvalue weighted by Gasteiger charge is -2.38. The van der Waals surface area contributed by atoms with Crippen molar-refractivity contribution in [2.75, 3.05) is 39.8 Å². The third kappa shape index (κ3) is 2.25. The average Bonchev–Trinajstić information content (AvgIpc) is 2.19. The van der Waals surface area contributed by atoms with Crippen LogP contribution in [0.1, 0.15) is 12.8 Å². The molecular weight excluding hydrogens is 180 g/mol. The van der Waals surface area contributed by atoms with Crippen LogP contribution in [0.5, 0.6) is 0 Å². The van der Waals surface area contributed by atoms with Crippen molar-refractivity contribution in [1.82, 2.24) is 9.80 Å². The van der Waals surface area contributed by atoms with E-state index in [0.717, 1.165) is 32.6 Å². The van der Waals surface area contributed by atoms with E-state index in [4.69, 9.17) is 4.74 Å². The van der Waals surface area contributed by atoms with Gasteiger partial charge in [0, 0.05) is 32.2 Å². The molecule has 0 amide bonds. The van der Waals surface area contributed by atoms with E-state index in [1.54, 1.807) is 0 Å². The maximum Gasteiger partial charge on any atom is 0.307 e. The smallest absolute Gasteiger partial charge is 0.307 e. The van der Waals surface area contributed by atoms with Gasteiger partial charge in [0.2, 0.25) is 0 Å². The predicted molar refractivity (Wildman–Crippen MR) is 53.1 cm³/mol. The van der Waals surface area contributed by atoms with Crippen LogP contribution in [0.2, 0.25) is 0 Å². The summed E-state index contributed by atoms with van der Waals surface area (Å²) in [7, 11) is 2.15. The first-order valence-corrected chi connectivity index (χ1v) is 5.34. The molecule has 0 radical (unpaired) electrons. The van der Waals surface area contributed by atoms with E-state index < -0.39 is 0 Å². The standard InChI is InChI=1S/C10H18N2O2/c1-11-3-5-12(6-4-11)9-2-7-14-10(13)8-9/h9H,2-8H2,1H3. The molecule has 0 aromatic rings. The van der Waals surface area contributed by atoms with E-state index >= 15 is 0 Å². The summed E-state index contributed by atoms with van der Waals surface area (Å²) < 4.78 is 4.94. The molecule has 14 heavy (non-hydrogen) atoms. The fourth-order valence-corrected chi connectivity index (χ4v) is 2.16. The number of nitrogens with zero attached hydrogens (tertiary/aromatic N) is 2. The van der Waals surface area contributed by atoms with E-state index in [0.29, 0.717) is 19.1 Å². The van der Waals surface area contributed by atoms with Gasteiger partial charge in [-0.05, 0) is 13.5 Å². The molecule has 0 aromatic carbocycles. The van der Waals surface area contributed by atoms with Crippen LogP contribution < -0.4 is 0 Å². The van der Waals surface area contributed by atoms with Crippen LogP contribution in [0.25, 0.3) is 0 Å². The molecule has 2 heterocycles. The molecule has 1 unspecified atom stereocenters. The number of cyclic esters (lactones) is 1. The highest BCUT2D eigenvalue weighted by Crippen LogP contribution is 2.16. The molecule has 4 nitrogen and oxygen atoms in total. The van der Waals surface area contributed by atoms with Crippen LogP contribution in [0, 0.1) is 0 Å². The minimum Gasteiger partial charge on any atom is -0.466 e. The summed E-state index contributed by atoms with van der Waals surface area (Å²) in [6.07, 6.45) is 1.60. The predicted octanol–water partition coefficient (Wildman–Crippen LogP) is -0.0606. The molecule has 0 saturated carbocycles. The summed E-state index contributed by atoms with van der Waals surface area (Å²) in [6.45, 7) is 5.02. The number of carbonyl (C=O) groups is 1. The Morgan fingerprint density at radius 1 is 1.29 bits per heavy atom. The van der Waals surface area contributed by atoms with Crippen molar-refractivity contribution in [2.45, 2.75) is 18.9 Å². The number of piperazine rings is 1. The first-order chi connectivity index (χ1) is 6.75. The molecular formula is C10H18N2O2. The number of likely N-dealkylation sites (N-methyl/N-ethyl adjacent to an activating group) is 1. The highest BCUT2D eigenvalue weighted by Gasteiger charge is 2.27. The van der Waals surface area contributed by atoms with Gasteiger partial charge < -0.3 is 9.64 Å². The van der Waals surface area contributed by atoms with Gasteiger partial charge in [0.15, 0.2) is 0 Å². The quantitative estimate of drug-likeness (QED) is 0.553. The van der Waals surface area contributed by atoms with E-state index in [2.05, 4.69) is 16.8 Å². The molecule has 0 aliphatic carbocycles. The Kier molecular flexibility index (Phi) is 3.03. The molecule has 0 spiro atoms. The molecule has 2 aliphatic heterocycles. The van der Waals surface area contributed by atoms with E-state index in [-0.39, 0.29) is 5.97 Å². The lowest BCUT2D eigenvalue weighted by Crippen LogP contribution is -2.51. The second-order valence-corrected chi connectivity index (χ2v) is 4.21. The van der Waals surface area contributed by atoms with Gasteiger partial charge >= 0.3 is 5.97 Å². The lowest BCUT2D eigenvalue weighted by molar-refractivity contribution is -0.150. The van der Waals surface area contributed by atoms with Crippen LogP contribution >= 0.6 is 0 Å². The summed E-state index contributed by atoms with van der Waals surface area (Å²) in [5.74, 6) is -0.0276. The van der Waals surface area contributed by atoms with Gasteiger partial charge in [-0.1, -0.05) is 0 Å². The molecule has 1 atom stereocenters. The molecule has 0 bridgehead atoms. The van der Waals surface area contributed by atoms with Crippen LogP contribution in [-0.2, 0) is 9.53 Å². The fraction of sp³-hybridized carbons (Fsp3) is 0.900. The monoisotopic (exact) mass is 198 g/mol. The maximum atomic E-state index is 11.1. The number of hydrogen-bond donors (Lipinski definition) is 0. The number of esters is 1. The third-order valence-electron chi connectivity index (χ3n) is 3.17. The van der Waals surface area contributed by atoms with Crippen molar-refractivity contribution in [3.8, 4) is 0 Å². The highest BCUT2D eigenvalue weighted by atomic mass is 16.5. The maximum absolute atomic E-state index is 11.1. The van der Waals surface area contributed by atoms with Crippen LogP contribution in [0.4, 0.5) is 0 Å². The van der Waals surface area contributed by atoms with Crippen molar-refractivity contribution in [1.29, 1.82) is 0 Å². The lowest BCUT2D eigenvalue weighted by atomic mass is 10.1. The summed E-state index contributed by atoms with van der Waals surface area (Å²) in [6, 6.07) is 0.435. The first kappa shape index (κ1) is 9.93. The third-order valence-corrected chi connectivity index (χ3v) is 3.17. The number of rotatable bonds is 1. The Labute approximate surface area is 84.8 Å². The molecule has 2 rings (SSSR count). The summed E-state index contributed by atoms with van der Waals surface area (Å²) in [5.41, 5.74) is 0. The molecule has 2 aliphatic rings. The Bertz CT molecular complexity index is 212. The van der Waals surface area contributed by atoms with Crippen molar-refractivity contribution in [3.05, 3.63) is 0 Å². The van der Waals surface area contributed by atoms with Crippen molar-refractivity contribution in [2.24, 2.45) is 0 Å². The Balaban J connectivity index is 1.85. The Morgan fingerprint density at radius 2 is 2.00 bits per heavy atom. The van der Waals surface area contributed by atoms with Crippen LogP contribution in [-0.4, -0.2) is 61.6 Å². The highest BCUT2D eigenvalue weighted by molar-refractivity contribution is 5.70. The summed E-state index contributed by atoms with van der Waals surface area (Å²) in [5, 5.41) is 0. The second kappa shape index (κ2) is 4.28. The first-order valence-electron chi connectivity index (χ1n) is 5.34.